The van der Waals surface area contributed by atoms with E-state index < -0.39 is 17.8 Å². The summed E-state index contributed by atoms with van der Waals surface area (Å²) in [5.41, 5.74) is 2.11. The fourth-order valence-corrected chi connectivity index (χ4v) is 3.77. The van der Waals surface area contributed by atoms with Gasteiger partial charge in [0.2, 0.25) is 0 Å². The summed E-state index contributed by atoms with van der Waals surface area (Å²) >= 11 is 0. The summed E-state index contributed by atoms with van der Waals surface area (Å²) < 4.78 is 42.6. The van der Waals surface area contributed by atoms with Crippen molar-refractivity contribution in [1.29, 1.82) is 0 Å². The second kappa shape index (κ2) is 8.71. The van der Waals surface area contributed by atoms with Crippen LogP contribution in [0.5, 0.6) is 0 Å². The van der Waals surface area contributed by atoms with Gasteiger partial charge in [0.05, 0.1) is 11.4 Å². The minimum Gasteiger partial charge on any atom is -0.346 e. The minimum atomic E-state index is -4.64. The Kier molecular flexibility index (Phi) is 5.56. The molecule has 1 N–H and O–H groups in total. The van der Waals surface area contributed by atoms with Gasteiger partial charge in [-0.05, 0) is 25.1 Å². The van der Waals surface area contributed by atoms with Crippen LogP contribution in [-0.4, -0.2) is 30.3 Å². The molecule has 0 saturated heterocycles. The zero-order valence-corrected chi connectivity index (χ0v) is 18.5. The smallest absolute Gasteiger partial charge is 0.346 e. The molecule has 7 nitrogen and oxygen atoms in total. The molecule has 1 amide bonds. The number of halogens is 3. The topological polar surface area (TPSA) is 77.1 Å². The van der Waals surface area contributed by atoms with E-state index in [1.54, 1.807) is 4.68 Å². The van der Waals surface area contributed by atoms with Crippen molar-refractivity contribution in [2.75, 3.05) is 0 Å². The lowest BCUT2D eigenvalue weighted by Gasteiger charge is -2.09. The van der Waals surface area contributed by atoms with Gasteiger partial charge in [-0.3, -0.25) is 4.79 Å². The highest BCUT2D eigenvalue weighted by atomic mass is 19.4. The Balaban J connectivity index is 1.45. The molecule has 2 aromatic carbocycles. The highest BCUT2D eigenvalue weighted by Gasteiger charge is 2.35. The molecule has 3 aromatic heterocycles. The third kappa shape index (κ3) is 4.50. The standard InChI is InChI=1S/C25H19F3N6O/c1-16-12-21(25(26,27)28)34-22(30-16)13-20(31-34)24(35)29-14-18-15-33(19-10-6-3-7-11-19)32-23(18)17-8-4-2-5-9-17/h2-13,15H,14H2,1H3,(H,29,35). The van der Waals surface area contributed by atoms with Crippen LogP contribution in [0.15, 0.2) is 79.0 Å². The number of alkyl halides is 3. The van der Waals surface area contributed by atoms with E-state index in [1.165, 1.54) is 13.0 Å². The molecule has 0 saturated carbocycles. The van der Waals surface area contributed by atoms with E-state index in [1.807, 2.05) is 66.9 Å². The first-order valence-electron chi connectivity index (χ1n) is 10.7. The lowest BCUT2D eigenvalue weighted by Crippen LogP contribution is -2.23. The maximum atomic E-state index is 13.4. The molecule has 0 spiro atoms. The first kappa shape index (κ1) is 22.3. The summed E-state index contributed by atoms with van der Waals surface area (Å²) in [7, 11) is 0. The van der Waals surface area contributed by atoms with Crippen molar-refractivity contribution in [2.45, 2.75) is 19.6 Å². The summed E-state index contributed by atoms with van der Waals surface area (Å²) in [4.78, 5) is 16.9. The van der Waals surface area contributed by atoms with E-state index in [-0.39, 0.29) is 23.6 Å². The molecule has 0 unspecified atom stereocenters. The van der Waals surface area contributed by atoms with Gasteiger partial charge < -0.3 is 5.32 Å². The average molecular weight is 476 g/mol. The number of rotatable bonds is 5. The Hall–Kier alpha value is -4.47. The van der Waals surface area contributed by atoms with E-state index >= 15 is 0 Å². The van der Waals surface area contributed by atoms with Crippen LogP contribution in [0.1, 0.15) is 27.4 Å². The first-order valence-corrected chi connectivity index (χ1v) is 10.7. The van der Waals surface area contributed by atoms with Crippen molar-refractivity contribution in [3.05, 3.63) is 102 Å². The van der Waals surface area contributed by atoms with Gasteiger partial charge in [0.15, 0.2) is 11.3 Å². The van der Waals surface area contributed by atoms with Gasteiger partial charge in [0.1, 0.15) is 5.69 Å². The maximum Gasteiger partial charge on any atom is 0.433 e. The number of carbonyl (C=O) groups is 1. The summed E-state index contributed by atoms with van der Waals surface area (Å²) in [6.45, 7) is 1.56. The van der Waals surface area contributed by atoms with Crippen molar-refractivity contribution < 1.29 is 18.0 Å². The van der Waals surface area contributed by atoms with Crippen molar-refractivity contribution in [3.63, 3.8) is 0 Å². The van der Waals surface area contributed by atoms with E-state index in [0.29, 0.717) is 10.2 Å². The molecule has 0 aliphatic rings. The Morgan fingerprint density at radius 1 is 0.971 bits per heavy atom. The molecule has 0 atom stereocenters. The quantitative estimate of drug-likeness (QED) is 0.394. The third-order valence-electron chi connectivity index (χ3n) is 5.38. The number of aromatic nitrogens is 5. The average Bonchev–Trinajstić information content (AvgIpc) is 3.47. The van der Waals surface area contributed by atoms with E-state index in [0.717, 1.165) is 22.9 Å². The Morgan fingerprint density at radius 3 is 2.34 bits per heavy atom. The number of nitrogens with one attached hydrogen (secondary N) is 1. The number of carbonyl (C=O) groups excluding carboxylic acids is 1. The van der Waals surface area contributed by atoms with Gasteiger partial charge in [0, 0.05) is 35.6 Å². The first-order chi connectivity index (χ1) is 16.8. The summed E-state index contributed by atoms with van der Waals surface area (Å²) in [6.07, 6.45) is -2.82. The molecule has 0 bridgehead atoms. The van der Waals surface area contributed by atoms with Gasteiger partial charge in [-0.2, -0.15) is 23.4 Å². The molecule has 0 fully saturated rings. The zero-order chi connectivity index (χ0) is 24.6. The number of hydrogen-bond donors (Lipinski definition) is 1. The van der Waals surface area contributed by atoms with Crippen LogP contribution in [0, 0.1) is 6.92 Å². The summed E-state index contributed by atoms with van der Waals surface area (Å²) in [5.74, 6) is -0.618. The molecular weight excluding hydrogens is 457 g/mol. The van der Waals surface area contributed by atoms with Gasteiger partial charge in [-0.1, -0.05) is 48.5 Å². The zero-order valence-electron chi connectivity index (χ0n) is 18.5. The Labute approximate surface area is 197 Å². The molecule has 3 heterocycles. The highest BCUT2D eigenvalue weighted by molar-refractivity contribution is 5.93. The van der Waals surface area contributed by atoms with Crippen molar-refractivity contribution in [3.8, 4) is 16.9 Å². The van der Waals surface area contributed by atoms with E-state index in [2.05, 4.69) is 15.4 Å². The van der Waals surface area contributed by atoms with Crippen LogP contribution in [0.25, 0.3) is 22.6 Å². The number of para-hydroxylation sites is 1. The Bertz CT molecular complexity index is 1510. The van der Waals surface area contributed by atoms with Crippen LogP contribution in [0.3, 0.4) is 0 Å². The van der Waals surface area contributed by atoms with Gasteiger partial charge in [0.25, 0.3) is 5.91 Å². The Morgan fingerprint density at radius 2 is 1.66 bits per heavy atom. The number of hydrogen-bond acceptors (Lipinski definition) is 4. The second-order valence-electron chi connectivity index (χ2n) is 7.91. The molecule has 10 heteroatoms. The van der Waals surface area contributed by atoms with Crippen molar-refractivity contribution in [1.82, 2.24) is 29.7 Å². The fourth-order valence-electron chi connectivity index (χ4n) is 3.77. The number of aryl methyl sites for hydroxylation is 1. The normalized spacial score (nSPS) is 11.7. The summed E-state index contributed by atoms with van der Waals surface area (Å²) in [5, 5.41) is 11.3. The molecule has 0 radical (unpaired) electrons. The highest BCUT2D eigenvalue weighted by Crippen LogP contribution is 2.30. The monoisotopic (exact) mass is 476 g/mol. The van der Waals surface area contributed by atoms with Crippen LogP contribution in [-0.2, 0) is 12.7 Å². The number of benzene rings is 2. The fraction of sp³-hybridized carbons (Fsp3) is 0.120. The SMILES string of the molecule is Cc1cc(C(F)(F)F)n2nc(C(=O)NCc3cn(-c4ccccc4)nc3-c3ccccc3)cc2n1. The van der Waals surface area contributed by atoms with Gasteiger partial charge in [-0.15, -0.1) is 0 Å². The molecule has 0 aliphatic carbocycles. The molecular formula is C25H19F3N6O. The van der Waals surface area contributed by atoms with E-state index in [9.17, 15) is 18.0 Å². The molecule has 5 rings (SSSR count). The second-order valence-corrected chi connectivity index (χ2v) is 7.91. The molecule has 0 aliphatic heterocycles. The number of nitrogens with zero attached hydrogens (tertiary/aromatic N) is 5. The predicted molar refractivity (Wildman–Crippen MR) is 123 cm³/mol. The lowest BCUT2D eigenvalue weighted by molar-refractivity contribution is -0.142. The minimum absolute atomic E-state index is 0.0515. The molecule has 35 heavy (non-hydrogen) atoms. The van der Waals surface area contributed by atoms with Crippen molar-refractivity contribution in [2.24, 2.45) is 0 Å². The summed E-state index contributed by atoms with van der Waals surface area (Å²) in [6, 6.07) is 21.2. The van der Waals surface area contributed by atoms with Crippen LogP contribution in [0.4, 0.5) is 13.2 Å². The van der Waals surface area contributed by atoms with Crippen LogP contribution in [0.2, 0.25) is 0 Å². The van der Waals surface area contributed by atoms with Gasteiger partial charge in [-0.25, -0.2) is 14.2 Å². The number of fused-ring (bicyclic) bond motifs is 1. The lowest BCUT2D eigenvalue weighted by atomic mass is 10.1. The van der Waals surface area contributed by atoms with Gasteiger partial charge >= 0.3 is 6.18 Å². The maximum absolute atomic E-state index is 13.4. The van der Waals surface area contributed by atoms with Crippen molar-refractivity contribution >= 4 is 11.6 Å². The van der Waals surface area contributed by atoms with E-state index in [4.69, 9.17) is 5.10 Å². The molecule has 5 aromatic rings. The molecule has 176 valence electrons. The van der Waals surface area contributed by atoms with Crippen LogP contribution >= 0.6 is 0 Å². The van der Waals surface area contributed by atoms with Crippen LogP contribution < -0.4 is 5.32 Å². The predicted octanol–water partition coefficient (Wildman–Crippen LogP) is 4.84. The third-order valence-corrected chi connectivity index (χ3v) is 5.38. The number of amides is 1. The largest absolute Gasteiger partial charge is 0.433 e.